The molecule has 0 aromatic heterocycles. The van der Waals surface area contributed by atoms with Gasteiger partial charge in [-0.05, 0) is 11.6 Å². The van der Waals surface area contributed by atoms with Crippen LogP contribution >= 0.6 is 0 Å². The van der Waals surface area contributed by atoms with Gasteiger partial charge in [-0.2, -0.15) is 0 Å². The van der Waals surface area contributed by atoms with E-state index in [4.69, 9.17) is 0 Å². The molecule has 4 nitrogen and oxygen atoms in total. The second-order valence-electron chi connectivity index (χ2n) is 4.00. The van der Waals surface area contributed by atoms with E-state index >= 15 is 0 Å². The van der Waals surface area contributed by atoms with E-state index in [1.54, 1.807) is 6.07 Å². The molecule has 0 aliphatic heterocycles. The van der Waals surface area contributed by atoms with Crippen molar-refractivity contribution in [3.8, 4) is 0 Å². The van der Waals surface area contributed by atoms with Crippen LogP contribution in [0.1, 0.15) is 15.9 Å². The summed E-state index contributed by atoms with van der Waals surface area (Å²) in [5.41, 5.74) is 0.329. The summed E-state index contributed by atoms with van der Waals surface area (Å²) in [6, 6.07) is 11.4. The normalized spacial score (nSPS) is 10.2. The predicted molar refractivity (Wildman–Crippen MR) is 67.5 cm³/mol. The van der Waals surface area contributed by atoms with E-state index in [-0.39, 0.29) is 29.0 Å². The van der Waals surface area contributed by atoms with E-state index in [2.05, 4.69) is 0 Å². The number of rotatable bonds is 4. The number of carbonyl (C=O) groups excluding carboxylic acids is 1. The van der Waals surface area contributed by atoms with Crippen molar-refractivity contribution in [1.29, 1.82) is 0 Å². The molecule has 0 N–H and O–H groups in total. The Morgan fingerprint density at radius 2 is 1.89 bits per heavy atom. The van der Waals surface area contributed by atoms with Gasteiger partial charge in [0.15, 0.2) is 5.78 Å². The maximum absolute atomic E-state index is 13.4. The van der Waals surface area contributed by atoms with Gasteiger partial charge in [-0.3, -0.25) is 14.9 Å². The van der Waals surface area contributed by atoms with Crippen LogP contribution in [0.3, 0.4) is 0 Å². The van der Waals surface area contributed by atoms with Crippen molar-refractivity contribution >= 4 is 11.5 Å². The smallest absolute Gasteiger partial charge is 0.270 e. The number of nitro benzene ring substituents is 1. The highest BCUT2D eigenvalue weighted by Crippen LogP contribution is 2.16. The number of non-ortho nitro benzene ring substituents is 1. The van der Waals surface area contributed by atoms with Gasteiger partial charge in [-0.1, -0.05) is 30.3 Å². The molecule has 0 heterocycles. The topological polar surface area (TPSA) is 60.2 Å². The Morgan fingerprint density at radius 3 is 2.58 bits per heavy atom. The van der Waals surface area contributed by atoms with E-state index < -0.39 is 10.7 Å². The summed E-state index contributed by atoms with van der Waals surface area (Å²) in [6.45, 7) is 0. The average Bonchev–Trinajstić information content (AvgIpc) is 2.41. The molecule has 2 rings (SSSR count). The minimum atomic E-state index is -0.570. The van der Waals surface area contributed by atoms with Crippen LogP contribution in [0, 0.1) is 15.9 Å². The van der Waals surface area contributed by atoms with Crippen LogP contribution in [0.5, 0.6) is 0 Å². The summed E-state index contributed by atoms with van der Waals surface area (Å²) in [5, 5.41) is 10.6. The first-order chi connectivity index (χ1) is 9.08. The lowest BCUT2D eigenvalue weighted by Crippen LogP contribution is -2.05. The summed E-state index contributed by atoms with van der Waals surface area (Å²) in [5.74, 6) is -0.810. The number of benzene rings is 2. The van der Waals surface area contributed by atoms with Gasteiger partial charge in [0, 0.05) is 24.1 Å². The zero-order valence-electron chi connectivity index (χ0n) is 9.88. The molecular weight excluding hydrogens is 249 g/mol. The number of nitro groups is 1. The molecule has 0 saturated carbocycles. The lowest BCUT2D eigenvalue weighted by Gasteiger charge is -2.02. The van der Waals surface area contributed by atoms with E-state index in [9.17, 15) is 19.3 Å². The highest BCUT2D eigenvalue weighted by atomic mass is 19.1. The van der Waals surface area contributed by atoms with Crippen LogP contribution in [0.4, 0.5) is 10.1 Å². The van der Waals surface area contributed by atoms with Gasteiger partial charge in [-0.25, -0.2) is 4.39 Å². The van der Waals surface area contributed by atoms with Crippen molar-refractivity contribution in [2.24, 2.45) is 0 Å². The fraction of sp³-hybridized carbons (Fsp3) is 0.0714. The number of hydrogen-bond donors (Lipinski definition) is 0. The standard InChI is InChI=1S/C14H10FNO3/c15-13-7-2-1-4-10(13)9-14(17)11-5-3-6-12(8-11)16(18)19/h1-8H,9H2. The van der Waals surface area contributed by atoms with Crippen molar-refractivity contribution in [2.75, 3.05) is 0 Å². The maximum atomic E-state index is 13.4. The lowest BCUT2D eigenvalue weighted by atomic mass is 10.0. The number of ketones is 1. The largest absolute Gasteiger partial charge is 0.294 e. The maximum Gasteiger partial charge on any atom is 0.270 e. The Balaban J connectivity index is 2.23. The van der Waals surface area contributed by atoms with Crippen LogP contribution < -0.4 is 0 Å². The summed E-state index contributed by atoms with van der Waals surface area (Å²) in [7, 11) is 0. The SMILES string of the molecule is O=C(Cc1ccccc1F)c1cccc([N+](=O)[O-])c1. The van der Waals surface area contributed by atoms with Gasteiger partial charge >= 0.3 is 0 Å². The molecule has 0 amide bonds. The number of nitrogens with zero attached hydrogens (tertiary/aromatic N) is 1. The van der Waals surface area contributed by atoms with Crippen LogP contribution in [-0.4, -0.2) is 10.7 Å². The fourth-order valence-electron chi connectivity index (χ4n) is 1.71. The average molecular weight is 259 g/mol. The van der Waals surface area contributed by atoms with Crippen LogP contribution in [-0.2, 0) is 6.42 Å². The Hall–Kier alpha value is -2.56. The minimum absolute atomic E-state index is 0.117. The van der Waals surface area contributed by atoms with Crippen molar-refractivity contribution in [1.82, 2.24) is 0 Å². The Labute approximate surface area is 108 Å². The third-order valence-corrected chi connectivity index (χ3v) is 2.69. The van der Waals surface area contributed by atoms with Crippen molar-refractivity contribution in [2.45, 2.75) is 6.42 Å². The molecule has 0 bridgehead atoms. The van der Waals surface area contributed by atoms with E-state index in [1.807, 2.05) is 0 Å². The molecule has 0 spiro atoms. The Bertz CT molecular complexity index is 640. The molecule has 0 saturated heterocycles. The van der Waals surface area contributed by atoms with Crippen LogP contribution in [0.15, 0.2) is 48.5 Å². The molecule has 2 aromatic carbocycles. The van der Waals surface area contributed by atoms with Gasteiger partial charge in [0.2, 0.25) is 0 Å². The van der Waals surface area contributed by atoms with Gasteiger partial charge in [0.05, 0.1) is 4.92 Å². The Morgan fingerprint density at radius 1 is 1.16 bits per heavy atom. The monoisotopic (exact) mass is 259 g/mol. The first-order valence-corrected chi connectivity index (χ1v) is 5.59. The third-order valence-electron chi connectivity index (χ3n) is 2.69. The van der Waals surface area contributed by atoms with E-state index in [1.165, 1.54) is 42.5 Å². The zero-order chi connectivity index (χ0) is 13.8. The molecule has 0 radical (unpaired) electrons. The summed E-state index contributed by atoms with van der Waals surface area (Å²) < 4.78 is 13.4. The number of hydrogen-bond acceptors (Lipinski definition) is 3. The second-order valence-corrected chi connectivity index (χ2v) is 4.00. The molecular formula is C14H10FNO3. The minimum Gasteiger partial charge on any atom is -0.294 e. The molecule has 0 atom stereocenters. The van der Waals surface area contributed by atoms with Crippen molar-refractivity contribution in [3.05, 3.63) is 75.6 Å². The Kier molecular flexibility index (Phi) is 3.66. The third kappa shape index (κ3) is 3.01. The molecule has 0 aliphatic rings. The molecule has 0 aliphatic carbocycles. The molecule has 96 valence electrons. The first-order valence-electron chi connectivity index (χ1n) is 5.59. The highest BCUT2D eigenvalue weighted by Gasteiger charge is 2.13. The van der Waals surface area contributed by atoms with Gasteiger partial charge in [-0.15, -0.1) is 0 Å². The molecule has 5 heteroatoms. The first kappa shape index (κ1) is 12.9. The molecule has 0 fully saturated rings. The van der Waals surface area contributed by atoms with Crippen LogP contribution in [0.25, 0.3) is 0 Å². The summed E-state index contributed by atoms with van der Waals surface area (Å²) in [6.07, 6.45) is -0.117. The summed E-state index contributed by atoms with van der Waals surface area (Å²) in [4.78, 5) is 22.0. The van der Waals surface area contributed by atoms with E-state index in [0.29, 0.717) is 0 Å². The van der Waals surface area contributed by atoms with Crippen molar-refractivity contribution in [3.63, 3.8) is 0 Å². The molecule has 2 aromatic rings. The summed E-state index contributed by atoms with van der Waals surface area (Å²) >= 11 is 0. The molecule has 19 heavy (non-hydrogen) atoms. The second kappa shape index (κ2) is 5.39. The van der Waals surface area contributed by atoms with Crippen LogP contribution in [0.2, 0.25) is 0 Å². The molecule has 0 unspecified atom stereocenters. The number of halogens is 1. The van der Waals surface area contributed by atoms with Crippen molar-refractivity contribution < 1.29 is 14.1 Å². The highest BCUT2D eigenvalue weighted by molar-refractivity contribution is 5.98. The van der Waals surface area contributed by atoms with Gasteiger partial charge in [0.25, 0.3) is 5.69 Å². The zero-order valence-corrected chi connectivity index (χ0v) is 9.88. The fourth-order valence-corrected chi connectivity index (χ4v) is 1.71. The number of carbonyl (C=O) groups is 1. The van der Waals surface area contributed by atoms with Gasteiger partial charge < -0.3 is 0 Å². The quantitative estimate of drug-likeness (QED) is 0.481. The number of Topliss-reactive ketones (excluding diaryl/α,β-unsaturated/α-hetero) is 1. The predicted octanol–water partition coefficient (Wildman–Crippen LogP) is 3.16. The van der Waals surface area contributed by atoms with Gasteiger partial charge in [0.1, 0.15) is 5.82 Å². The lowest BCUT2D eigenvalue weighted by molar-refractivity contribution is -0.384. The van der Waals surface area contributed by atoms with E-state index in [0.717, 1.165) is 0 Å².